The van der Waals surface area contributed by atoms with Gasteiger partial charge in [0.1, 0.15) is 11.3 Å². The lowest BCUT2D eigenvalue weighted by molar-refractivity contribution is 0.411. The summed E-state index contributed by atoms with van der Waals surface area (Å²) < 4.78 is 30.4. The van der Waals surface area contributed by atoms with Gasteiger partial charge in [-0.05, 0) is 25.0 Å². The molecule has 0 bridgehead atoms. The predicted molar refractivity (Wildman–Crippen MR) is 76.0 cm³/mol. The molecular weight excluding hydrogens is 280 g/mol. The third-order valence-corrected chi connectivity index (χ3v) is 5.53. The van der Waals surface area contributed by atoms with Gasteiger partial charge < -0.3 is 9.72 Å². The third kappa shape index (κ3) is 2.11. The van der Waals surface area contributed by atoms with Crippen LogP contribution in [0.2, 0.25) is 0 Å². The van der Waals surface area contributed by atoms with Gasteiger partial charge in [0.25, 0.3) is 0 Å². The topological polar surface area (TPSA) is 81.2 Å². The van der Waals surface area contributed by atoms with E-state index in [1.165, 1.54) is 11.7 Å². The minimum absolute atomic E-state index is 0.0118. The zero-order valence-electron chi connectivity index (χ0n) is 11.1. The largest absolute Gasteiger partial charge is 0.494 e. The van der Waals surface area contributed by atoms with Crippen molar-refractivity contribution in [2.75, 3.05) is 18.6 Å². The molecule has 0 aliphatic carbocycles. The fourth-order valence-electron chi connectivity index (χ4n) is 2.86. The van der Waals surface area contributed by atoms with Gasteiger partial charge in [-0.3, -0.25) is 4.57 Å². The van der Waals surface area contributed by atoms with E-state index in [1.807, 2.05) is 0 Å². The molecule has 20 heavy (non-hydrogen) atoms. The molecule has 3 rings (SSSR count). The SMILES string of the molecule is COc1cccc2[nH]c(=O)n(C3CCCS(=O)(=O)C3)c12. The van der Waals surface area contributed by atoms with E-state index >= 15 is 0 Å². The second-order valence-corrected chi connectivity index (χ2v) is 7.30. The monoisotopic (exact) mass is 296 g/mol. The minimum atomic E-state index is -3.08. The van der Waals surface area contributed by atoms with Crippen LogP contribution in [0.3, 0.4) is 0 Å². The smallest absolute Gasteiger partial charge is 0.326 e. The third-order valence-electron chi connectivity index (χ3n) is 3.72. The number of nitrogens with zero attached hydrogens (tertiary/aromatic N) is 1. The Morgan fingerprint density at radius 1 is 1.40 bits per heavy atom. The van der Waals surface area contributed by atoms with Crippen LogP contribution in [0.25, 0.3) is 11.0 Å². The molecule has 2 heterocycles. The van der Waals surface area contributed by atoms with E-state index in [0.717, 1.165) is 0 Å². The van der Waals surface area contributed by atoms with Gasteiger partial charge in [0, 0.05) is 0 Å². The lowest BCUT2D eigenvalue weighted by atomic mass is 10.1. The number of para-hydroxylation sites is 1. The highest BCUT2D eigenvalue weighted by molar-refractivity contribution is 7.91. The van der Waals surface area contributed by atoms with Gasteiger partial charge >= 0.3 is 5.69 Å². The van der Waals surface area contributed by atoms with Crippen molar-refractivity contribution >= 4 is 20.9 Å². The molecule has 1 N–H and O–H groups in total. The molecule has 2 aromatic rings. The van der Waals surface area contributed by atoms with Crippen LogP contribution in [0.5, 0.6) is 5.75 Å². The maximum absolute atomic E-state index is 12.2. The fourth-order valence-corrected chi connectivity index (χ4v) is 4.54. The highest BCUT2D eigenvalue weighted by atomic mass is 32.2. The van der Waals surface area contributed by atoms with E-state index in [0.29, 0.717) is 29.6 Å². The Bertz CT molecular complexity index is 803. The molecule has 1 fully saturated rings. The summed E-state index contributed by atoms with van der Waals surface area (Å²) in [5, 5.41) is 0. The van der Waals surface area contributed by atoms with Crippen molar-refractivity contribution in [3.63, 3.8) is 0 Å². The number of imidazole rings is 1. The number of nitrogens with one attached hydrogen (secondary N) is 1. The van der Waals surface area contributed by atoms with Gasteiger partial charge in [0.2, 0.25) is 0 Å². The molecule has 108 valence electrons. The molecule has 0 saturated carbocycles. The van der Waals surface area contributed by atoms with Gasteiger partial charge in [-0.1, -0.05) is 6.07 Å². The number of aromatic amines is 1. The average molecular weight is 296 g/mol. The van der Waals surface area contributed by atoms with Gasteiger partial charge in [0.05, 0.1) is 30.2 Å². The van der Waals surface area contributed by atoms with E-state index < -0.39 is 9.84 Å². The zero-order chi connectivity index (χ0) is 14.3. The van der Waals surface area contributed by atoms with Crippen molar-refractivity contribution in [1.82, 2.24) is 9.55 Å². The maximum Gasteiger partial charge on any atom is 0.326 e. The molecule has 1 unspecified atom stereocenters. The Morgan fingerprint density at radius 2 is 2.20 bits per heavy atom. The number of H-pyrrole nitrogens is 1. The summed E-state index contributed by atoms with van der Waals surface area (Å²) in [7, 11) is -1.54. The summed E-state index contributed by atoms with van der Waals surface area (Å²) in [5.74, 6) is 0.791. The number of ether oxygens (including phenoxy) is 1. The van der Waals surface area contributed by atoms with Crippen molar-refractivity contribution in [3.8, 4) is 5.75 Å². The van der Waals surface area contributed by atoms with E-state index in [1.54, 1.807) is 18.2 Å². The molecule has 0 amide bonds. The van der Waals surface area contributed by atoms with Gasteiger partial charge in [-0.25, -0.2) is 13.2 Å². The Morgan fingerprint density at radius 3 is 2.90 bits per heavy atom. The summed E-state index contributed by atoms with van der Waals surface area (Å²) >= 11 is 0. The van der Waals surface area contributed by atoms with Crippen LogP contribution in [-0.2, 0) is 9.84 Å². The van der Waals surface area contributed by atoms with Crippen LogP contribution < -0.4 is 10.4 Å². The number of methoxy groups -OCH3 is 1. The van der Waals surface area contributed by atoms with Gasteiger partial charge in [0.15, 0.2) is 9.84 Å². The number of sulfone groups is 1. The number of hydrogen-bond donors (Lipinski definition) is 1. The van der Waals surface area contributed by atoms with E-state index in [-0.39, 0.29) is 23.2 Å². The molecule has 1 aliphatic heterocycles. The summed E-state index contributed by atoms with van der Waals surface area (Å²) in [5.41, 5.74) is 1.02. The van der Waals surface area contributed by atoms with E-state index in [2.05, 4.69) is 4.98 Å². The van der Waals surface area contributed by atoms with Crippen LogP contribution >= 0.6 is 0 Å². The molecule has 1 atom stereocenters. The first-order valence-electron chi connectivity index (χ1n) is 6.49. The van der Waals surface area contributed by atoms with Crippen LogP contribution in [-0.4, -0.2) is 36.6 Å². The van der Waals surface area contributed by atoms with E-state index in [4.69, 9.17) is 4.74 Å². The first-order valence-corrected chi connectivity index (χ1v) is 8.31. The Balaban J connectivity index is 2.20. The molecule has 1 saturated heterocycles. The number of fused-ring (bicyclic) bond motifs is 1. The van der Waals surface area contributed by atoms with Crippen molar-refractivity contribution in [2.24, 2.45) is 0 Å². The van der Waals surface area contributed by atoms with Gasteiger partial charge in [-0.15, -0.1) is 0 Å². The lowest BCUT2D eigenvalue weighted by Crippen LogP contribution is -2.32. The molecule has 0 spiro atoms. The molecule has 7 heteroatoms. The lowest BCUT2D eigenvalue weighted by Gasteiger charge is -2.23. The molecule has 6 nitrogen and oxygen atoms in total. The summed E-state index contributed by atoms with van der Waals surface area (Å²) in [4.78, 5) is 14.9. The minimum Gasteiger partial charge on any atom is -0.494 e. The summed E-state index contributed by atoms with van der Waals surface area (Å²) in [6.45, 7) is 0. The number of hydrogen-bond acceptors (Lipinski definition) is 4. The zero-order valence-corrected chi connectivity index (χ0v) is 11.9. The Hall–Kier alpha value is -1.76. The number of rotatable bonds is 2. The maximum atomic E-state index is 12.2. The molecule has 1 aromatic heterocycles. The van der Waals surface area contributed by atoms with Crippen LogP contribution in [0, 0.1) is 0 Å². The van der Waals surface area contributed by atoms with Crippen molar-refractivity contribution in [3.05, 3.63) is 28.7 Å². The Kier molecular flexibility index (Phi) is 3.08. The van der Waals surface area contributed by atoms with Crippen LogP contribution in [0.1, 0.15) is 18.9 Å². The van der Waals surface area contributed by atoms with Crippen LogP contribution in [0.15, 0.2) is 23.0 Å². The van der Waals surface area contributed by atoms with E-state index in [9.17, 15) is 13.2 Å². The van der Waals surface area contributed by atoms with Gasteiger partial charge in [-0.2, -0.15) is 0 Å². The van der Waals surface area contributed by atoms with Crippen molar-refractivity contribution in [2.45, 2.75) is 18.9 Å². The first-order chi connectivity index (χ1) is 9.52. The molecular formula is C13H16N2O4S. The molecule has 1 aromatic carbocycles. The average Bonchev–Trinajstić information content (AvgIpc) is 2.73. The quantitative estimate of drug-likeness (QED) is 0.899. The highest BCUT2D eigenvalue weighted by Crippen LogP contribution is 2.29. The second-order valence-electron chi connectivity index (χ2n) is 5.07. The highest BCUT2D eigenvalue weighted by Gasteiger charge is 2.29. The van der Waals surface area contributed by atoms with Crippen molar-refractivity contribution in [1.29, 1.82) is 0 Å². The molecule has 1 aliphatic rings. The van der Waals surface area contributed by atoms with Crippen LogP contribution in [0.4, 0.5) is 0 Å². The Labute approximate surface area is 116 Å². The second kappa shape index (κ2) is 4.66. The first kappa shape index (κ1) is 13.2. The standard InChI is InChI=1S/C13H16N2O4S/c1-19-11-6-2-5-10-12(11)15(13(16)14-10)9-4-3-7-20(17,18)8-9/h2,5-6,9H,3-4,7-8H2,1H3,(H,14,16). The fraction of sp³-hybridized carbons (Fsp3) is 0.462. The summed E-state index contributed by atoms with van der Waals surface area (Å²) in [6, 6.07) is 5.02. The number of benzene rings is 1. The normalized spacial score (nSPS) is 21.9. The number of aromatic nitrogens is 2. The molecule has 0 radical (unpaired) electrons. The predicted octanol–water partition coefficient (Wildman–Crippen LogP) is 1.09. The summed E-state index contributed by atoms with van der Waals surface area (Å²) in [6.07, 6.45) is 1.27. The van der Waals surface area contributed by atoms with Crippen molar-refractivity contribution < 1.29 is 13.2 Å².